The number of esters is 1. The van der Waals surface area contributed by atoms with Crippen LogP contribution in [0.3, 0.4) is 0 Å². The molecular weight excluding hydrogens is 210 g/mol. The maximum atomic E-state index is 11.2. The molecule has 0 aromatic heterocycles. The maximum Gasteiger partial charge on any atom is 0.321 e. The molecule has 6 heteroatoms. The van der Waals surface area contributed by atoms with Crippen molar-refractivity contribution in [1.29, 1.82) is 0 Å². The lowest BCUT2D eigenvalue weighted by Crippen LogP contribution is -2.49. The molecule has 0 aromatic carbocycles. The fraction of sp³-hybridized carbons (Fsp3) is 0.750. The Kier molecular flexibility index (Phi) is 5.49. The molecule has 1 aliphatic rings. The second-order valence-electron chi connectivity index (χ2n) is 3.04. The van der Waals surface area contributed by atoms with Gasteiger partial charge in [-0.1, -0.05) is 0 Å². The standard InChI is InChI=1S/C8H13NO4.ClH/c1-13-8(12)5-3-2-4-9-6(5)7(10)11;/h5-6,9H,2-4H2,1H3,(H,10,11);1H. The van der Waals surface area contributed by atoms with Gasteiger partial charge in [0.25, 0.3) is 0 Å². The van der Waals surface area contributed by atoms with Crippen LogP contribution in [0.4, 0.5) is 0 Å². The Labute approximate surface area is 88.2 Å². The first-order valence-corrected chi connectivity index (χ1v) is 4.21. The van der Waals surface area contributed by atoms with Crippen LogP contribution in [0.15, 0.2) is 0 Å². The lowest BCUT2D eigenvalue weighted by Gasteiger charge is -2.27. The van der Waals surface area contributed by atoms with Crippen molar-refractivity contribution in [2.75, 3.05) is 13.7 Å². The summed E-state index contributed by atoms with van der Waals surface area (Å²) in [5.74, 6) is -1.98. The van der Waals surface area contributed by atoms with E-state index in [1.165, 1.54) is 7.11 Å². The number of aliphatic carboxylic acids is 1. The SMILES string of the molecule is COC(=O)C1CCCNC1C(=O)O.Cl. The largest absolute Gasteiger partial charge is 0.480 e. The zero-order valence-corrected chi connectivity index (χ0v) is 8.67. The summed E-state index contributed by atoms with van der Waals surface area (Å²) in [7, 11) is 1.27. The van der Waals surface area contributed by atoms with Crippen molar-refractivity contribution >= 4 is 24.3 Å². The number of carboxylic acids is 1. The third-order valence-electron chi connectivity index (χ3n) is 2.23. The molecule has 2 N–H and O–H groups in total. The minimum absolute atomic E-state index is 0. The summed E-state index contributed by atoms with van der Waals surface area (Å²) in [5, 5.41) is 11.6. The Bertz CT molecular complexity index is 221. The summed E-state index contributed by atoms with van der Waals surface area (Å²) in [6.45, 7) is 0.643. The van der Waals surface area contributed by atoms with Crippen LogP contribution < -0.4 is 5.32 Å². The van der Waals surface area contributed by atoms with Crippen molar-refractivity contribution in [2.24, 2.45) is 5.92 Å². The number of carbonyl (C=O) groups is 2. The van der Waals surface area contributed by atoms with E-state index in [1.54, 1.807) is 0 Å². The number of hydrogen-bond donors (Lipinski definition) is 2. The highest BCUT2D eigenvalue weighted by Gasteiger charge is 2.36. The molecule has 0 aromatic rings. The summed E-state index contributed by atoms with van der Waals surface area (Å²) in [5.41, 5.74) is 0. The van der Waals surface area contributed by atoms with Gasteiger partial charge in [-0.3, -0.25) is 9.59 Å². The summed E-state index contributed by atoms with van der Waals surface area (Å²) < 4.78 is 4.53. The van der Waals surface area contributed by atoms with E-state index in [2.05, 4.69) is 10.1 Å². The summed E-state index contributed by atoms with van der Waals surface area (Å²) >= 11 is 0. The van der Waals surface area contributed by atoms with E-state index in [1.807, 2.05) is 0 Å². The minimum atomic E-state index is -0.991. The van der Waals surface area contributed by atoms with Gasteiger partial charge < -0.3 is 15.2 Å². The molecule has 1 aliphatic heterocycles. The molecule has 5 nitrogen and oxygen atoms in total. The topological polar surface area (TPSA) is 75.6 Å². The zero-order valence-electron chi connectivity index (χ0n) is 7.86. The minimum Gasteiger partial charge on any atom is -0.480 e. The molecule has 14 heavy (non-hydrogen) atoms. The number of piperidine rings is 1. The monoisotopic (exact) mass is 223 g/mol. The summed E-state index contributed by atoms with van der Waals surface area (Å²) in [6.07, 6.45) is 1.39. The molecule has 2 atom stereocenters. The van der Waals surface area contributed by atoms with Crippen molar-refractivity contribution in [3.63, 3.8) is 0 Å². The van der Waals surface area contributed by atoms with Gasteiger partial charge >= 0.3 is 11.9 Å². The third-order valence-corrected chi connectivity index (χ3v) is 2.23. The highest BCUT2D eigenvalue weighted by molar-refractivity contribution is 5.85. The molecule has 1 rings (SSSR count). The zero-order chi connectivity index (χ0) is 9.84. The average molecular weight is 224 g/mol. The smallest absolute Gasteiger partial charge is 0.321 e. The molecule has 1 saturated heterocycles. The van der Waals surface area contributed by atoms with Crippen LogP contribution in [-0.4, -0.2) is 36.7 Å². The van der Waals surface area contributed by atoms with Gasteiger partial charge in [0, 0.05) is 0 Å². The number of nitrogens with one attached hydrogen (secondary N) is 1. The number of hydrogen-bond acceptors (Lipinski definition) is 4. The number of carbonyl (C=O) groups excluding carboxylic acids is 1. The van der Waals surface area contributed by atoms with Gasteiger partial charge in [0.15, 0.2) is 0 Å². The van der Waals surface area contributed by atoms with Gasteiger partial charge in [-0.15, -0.1) is 12.4 Å². The van der Waals surface area contributed by atoms with E-state index in [0.717, 1.165) is 6.42 Å². The van der Waals surface area contributed by atoms with Crippen LogP contribution in [-0.2, 0) is 14.3 Å². The van der Waals surface area contributed by atoms with Crippen LogP contribution in [0.1, 0.15) is 12.8 Å². The first-order chi connectivity index (χ1) is 6.16. The van der Waals surface area contributed by atoms with Crippen molar-refractivity contribution in [1.82, 2.24) is 5.32 Å². The Balaban J connectivity index is 0.00000169. The fourth-order valence-electron chi connectivity index (χ4n) is 1.55. The van der Waals surface area contributed by atoms with E-state index >= 15 is 0 Å². The van der Waals surface area contributed by atoms with Gasteiger partial charge in [0.05, 0.1) is 13.0 Å². The van der Waals surface area contributed by atoms with Gasteiger partial charge in [0.1, 0.15) is 6.04 Å². The average Bonchev–Trinajstić information content (AvgIpc) is 2.16. The molecule has 0 saturated carbocycles. The molecule has 2 unspecified atom stereocenters. The van der Waals surface area contributed by atoms with Crippen LogP contribution >= 0.6 is 12.4 Å². The van der Waals surface area contributed by atoms with Crippen molar-refractivity contribution in [2.45, 2.75) is 18.9 Å². The lowest BCUT2D eigenvalue weighted by atomic mass is 9.91. The predicted octanol–water partition coefficient (Wildman–Crippen LogP) is 0.0340. The number of carboxylic acid groups (broad SMARTS) is 1. The van der Waals surface area contributed by atoms with Crippen LogP contribution in [0.2, 0.25) is 0 Å². The molecule has 1 fully saturated rings. The molecule has 0 aliphatic carbocycles. The second kappa shape index (κ2) is 5.82. The molecule has 0 bridgehead atoms. The highest BCUT2D eigenvalue weighted by atomic mass is 35.5. The number of rotatable bonds is 2. The quantitative estimate of drug-likeness (QED) is 0.647. The van der Waals surface area contributed by atoms with Gasteiger partial charge in [-0.25, -0.2) is 0 Å². The molecule has 1 heterocycles. The first-order valence-electron chi connectivity index (χ1n) is 4.21. The first kappa shape index (κ1) is 13.2. The third kappa shape index (κ3) is 2.85. The highest BCUT2D eigenvalue weighted by Crippen LogP contribution is 2.17. The lowest BCUT2D eigenvalue weighted by molar-refractivity contribution is -0.154. The van der Waals surface area contributed by atoms with Crippen molar-refractivity contribution in [3.05, 3.63) is 0 Å². The van der Waals surface area contributed by atoms with E-state index in [0.29, 0.717) is 13.0 Å². The number of methoxy groups -OCH3 is 1. The normalized spacial score (nSPS) is 26.1. The van der Waals surface area contributed by atoms with Crippen molar-refractivity contribution in [3.8, 4) is 0 Å². The Hall–Kier alpha value is -0.810. The molecule has 0 radical (unpaired) electrons. The predicted molar refractivity (Wildman–Crippen MR) is 51.4 cm³/mol. The molecule has 0 amide bonds. The van der Waals surface area contributed by atoms with Crippen LogP contribution in [0, 0.1) is 5.92 Å². The number of ether oxygens (including phenoxy) is 1. The van der Waals surface area contributed by atoms with Gasteiger partial charge in [0.2, 0.25) is 0 Å². The van der Waals surface area contributed by atoms with E-state index in [9.17, 15) is 9.59 Å². The number of halogens is 1. The summed E-state index contributed by atoms with van der Waals surface area (Å²) in [4.78, 5) is 21.9. The molecule has 0 spiro atoms. The Morgan fingerprint density at radius 1 is 1.50 bits per heavy atom. The fourth-order valence-corrected chi connectivity index (χ4v) is 1.55. The second-order valence-corrected chi connectivity index (χ2v) is 3.04. The van der Waals surface area contributed by atoms with E-state index in [-0.39, 0.29) is 12.4 Å². The maximum absolute atomic E-state index is 11.2. The van der Waals surface area contributed by atoms with E-state index in [4.69, 9.17) is 5.11 Å². The van der Waals surface area contributed by atoms with Crippen LogP contribution in [0.25, 0.3) is 0 Å². The van der Waals surface area contributed by atoms with Gasteiger partial charge in [-0.05, 0) is 19.4 Å². The Morgan fingerprint density at radius 2 is 2.14 bits per heavy atom. The molecular formula is C8H14ClNO4. The van der Waals surface area contributed by atoms with Crippen molar-refractivity contribution < 1.29 is 19.4 Å². The Morgan fingerprint density at radius 3 is 2.64 bits per heavy atom. The van der Waals surface area contributed by atoms with E-state index < -0.39 is 23.9 Å². The van der Waals surface area contributed by atoms with Gasteiger partial charge in [-0.2, -0.15) is 0 Å². The van der Waals surface area contributed by atoms with Crippen LogP contribution in [0.5, 0.6) is 0 Å². The molecule has 82 valence electrons. The summed E-state index contributed by atoms with van der Waals surface area (Å²) in [6, 6.07) is -0.791.